The van der Waals surface area contributed by atoms with E-state index in [4.69, 9.17) is 5.11 Å². The maximum absolute atomic E-state index is 11.0. The van der Waals surface area contributed by atoms with Gasteiger partial charge in [-0.1, -0.05) is 6.07 Å². The molecule has 2 aromatic heterocycles. The first-order chi connectivity index (χ1) is 8.77. The van der Waals surface area contributed by atoms with Gasteiger partial charge in [0, 0.05) is 23.8 Å². The molecule has 0 atom stereocenters. The quantitative estimate of drug-likeness (QED) is 0.837. The molecule has 0 radical (unpaired) electrons. The number of aryl methyl sites for hydroxylation is 1. The van der Waals surface area contributed by atoms with Gasteiger partial charge < -0.3 is 5.11 Å². The average Bonchev–Trinajstić information content (AvgIpc) is 2.40. The molecule has 0 aliphatic heterocycles. The van der Waals surface area contributed by atoms with Crippen LogP contribution in [0.2, 0.25) is 0 Å². The smallest absolute Gasteiger partial charge is 0.338 e. The number of hydrogen-bond donors (Lipinski definition) is 1. The van der Waals surface area contributed by atoms with Gasteiger partial charge in [-0.25, -0.2) is 9.78 Å². The van der Waals surface area contributed by atoms with E-state index < -0.39 is 5.97 Å². The highest BCUT2D eigenvalue weighted by molar-refractivity contribution is 7.99. The van der Waals surface area contributed by atoms with Crippen LogP contribution in [0.5, 0.6) is 0 Å². The Morgan fingerprint density at radius 1 is 1.17 bits per heavy atom. The Balaban J connectivity index is 1.97. The monoisotopic (exact) mass is 260 g/mol. The van der Waals surface area contributed by atoms with Gasteiger partial charge in [-0.05, 0) is 30.7 Å². The molecule has 2 heterocycles. The maximum atomic E-state index is 11.0. The molecule has 0 fully saturated rings. The summed E-state index contributed by atoms with van der Waals surface area (Å²) in [6.45, 7) is 0. The zero-order valence-electron chi connectivity index (χ0n) is 9.61. The Labute approximate surface area is 109 Å². The molecule has 2 aromatic rings. The fraction of sp³-hybridized carbons (Fsp3) is 0.154. The third-order valence-electron chi connectivity index (χ3n) is 2.32. The van der Waals surface area contributed by atoms with E-state index in [1.54, 1.807) is 24.5 Å². The maximum Gasteiger partial charge on any atom is 0.338 e. The molecule has 0 aromatic carbocycles. The Kier molecular flexibility index (Phi) is 4.30. The summed E-state index contributed by atoms with van der Waals surface area (Å²) in [7, 11) is 0. The fourth-order valence-electron chi connectivity index (χ4n) is 1.47. The highest BCUT2D eigenvalue weighted by atomic mass is 32.2. The van der Waals surface area contributed by atoms with Crippen molar-refractivity contribution in [3.8, 4) is 0 Å². The largest absolute Gasteiger partial charge is 0.478 e. The lowest BCUT2D eigenvalue weighted by Gasteiger charge is -2.04. The summed E-state index contributed by atoms with van der Waals surface area (Å²) in [6.07, 6.45) is 4.15. The van der Waals surface area contributed by atoms with Crippen LogP contribution in [0.3, 0.4) is 0 Å². The van der Waals surface area contributed by atoms with E-state index in [0.29, 0.717) is 5.03 Å². The molecule has 4 nitrogen and oxygen atoms in total. The van der Waals surface area contributed by atoms with Crippen molar-refractivity contribution in [2.75, 3.05) is 5.75 Å². The van der Waals surface area contributed by atoms with E-state index >= 15 is 0 Å². The first-order valence-corrected chi connectivity index (χ1v) is 6.47. The Morgan fingerprint density at radius 2 is 2.00 bits per heavy atom. The molecule has 18 heavy (non-hydrogen) atoms. The van der Waals surface area contributed by atoms with Crippen molar-refractivity contribution in [2.24, 2.45) is 0 Å². The van der Waals surface area contributed by atoms with Gasteiger partial charge in [0.15, 0.2) is 0 Å². The zero-order valence-corrected chi connectivity index (χ0v) is 10.4. The lowest BCUT2D eigenvalue weighted by atomic mass is 10.3. The number of carboxylic acids is 1. The predicted molar refractivity (Wildman–Crippen MR) is 69.9 cm³/mol. The van der Waals surface area contributed by atoms with Crippen LogP contribution in [0.25, 0.3) is 0 Å². The molecule has 5 heteroatoms. The number of aromatic carboxylic acids is 1. The van der Waals surface area contributed by atoms with E-state index in [0.717, 1.165) is 17.9 Å². The van der Waals surface area contributed by atoms with Gasteiger partial charge in [0.1, 0.15) is 5.03 Å². The normalized spacial score (nSPS) is 10.2. The number of aromatic nitrogens is 2. The van der Waals surface area contributed by atoms with Gasteiger partial charge >= 0.3 is 5.97 Å². The van der Waals surface area contributed by atoms with Crippen LogP contribution in [-0.2, 0) is 6.42 Å². The minimum absolute atomic E-state index is 0.253. The molecule has 0 bridgehead atoms. The molecule has 0 saturated carbocycles. The van der Waals surface area contributed by atoms with Crippen LogP contribution in [0.15, 0.2) is 47.8 Å². The summed E-state index contributed by atoms with van der Waals surface area (Å²) < 4.78 is 0. The summed E-state index contributed by atoms with van der Waals surface area (Å²) in [4.78, 5) is 19.3. The van der Waals surface area contributed by atoms with Crippen molar-refractivity contribution < 1.29 is 9.90 Å². The van der Waals surface area contributed by atoms with Crippen molar-refractivity contribution in [1.82, 2.24) is 9.97 Å². The van der Waals surface area contributed by atoms with Gasteiger partial charge in [-0.3, -0.25) is 4.98 Å². The second-order valence-corrected chi connectivity index (χ2v) is 4.66. The number of thioether (sulfide) groups is 1. The van der Waals surface area contributed by atoms with E-state index in [2.05, 4.69) is 9.97 Å². The Morgan fingerprint density at radius 3 is 2.72 bits per heavy atom. The Hall–Kier alpha value is -1.88. The minimum Gasteiger partial charge on any atom is -0.478 e. The second kappa shape index (κ2) is 6.16. The van der Waals surface area contributed by atoms with Crippen molar-refractivity contribution in [1.29, 1.82) is 0 Å². The van der Waals surface area contributed by atoms with Gasteiger partial charge in [0.05, 0.1) is 5.56 Å². The molecule has 0 saturated heterocycles. The fourth-order valence-corrected chi connectivity index (χ4v) is 2.42. The van der Waals surface area contributed by atoms with Crippen LogP contribution in [-0.4, -0.2) is 26.8 Å². The summed E-state index contributed by atoms with van der Waals surface area (Å²) in [5.74, 6) is -0.183. The van der Waals surface area contributed by atoms with Gasteiger partial charge in [-0.15, -0.1) is 11.8 Å². The van der Waals surface area contributed by atoms with Crippen LogP contribution >= 0.6 is 11.8 Å². The molecule has 0 aliphatic carbocycles. The van der Waals surface area contributed by atoms with E-state index in [1.165, 1.54) is 11.8 Å². The zero-order chi connectivity index (χ0) is 12.8. The van der Waals surface area contributed by atoms with Gasteiger partial charge in [-0.2, -0.15) is 0 Å². The molecule has 0 amide bonds. The molecular weight excluding hydrogens is 248 g/mol. The number of rotatable bonds is 5. The molecule has 0 aliphatic rings. The van der Waals surface area contributed by atoms with Crippen molar-refractivity contribution in [3.05, 3.63) is 54.0 Å². The SMILES string of the molecule is O=C(O)c1cccnc1SCCc1ccccn1. The van der Waals surface area contributed by atoms with Crippen LogP contribution in [0.4, 0.5) is 0 Å². The molecule has 0 spiro atoms. The highest BCUT2D eigenvalue weighted by Crippen LogP contribution is 2.20. The van der Waals surface area contributed by atoms with Gasteiger partial charge in [0.25, 0.3) is 0 Å². The van der Waals surface area contributed by atoms with Crippen LogP contribution in [0, 0.1) is 0 Å². The van der Waals surface area contributed by atoms with Gasteiger partial charge in [0.2, 0.25) is 0 Å². The Bertz CT molecular complexity index is 532. The standard InChI is InChI=1S/C13H12N2O2S/c16-13(17)11-5-3-8-15-12(11)18-9-6-10-4-1-2-7-14-10/h1-5,7-8H,6,9H2,(H,16,17). The van der Waals surface area contributed by atoms with Crippen LogP contribution in [0.1, 0.15) is 16.1 Å². The molecule has 0 unspecified atom stereocenters. The van der Waals surface area contributed by atoms with Crippen molar-refractivity contribution in [3.63, 3.8) is 0 Å². The van der Waals surface area contributed by atoms with E-state index in [1.807, 2.05) is 18.2 Å². The molecular formula is C13H12N2O2S. The van der Waals surface area contributed by atoms with E-state index in [-0.39, 0.29) is 5.56 Å². The number of nitrogens with zero attached hydrogens (tertiary/aromatic N) is 2. The lowest BCUT2D eigenvalue weighted by molar-refractivity contribution is 0.0692. The summed E-state index contributed by atoms with van der Waals surface area (Å²) in [6, 6.07) is 8.97. The number of pyridine rings is 2. The number of hydrogen-bond acceptors (Lipinski definition) is 4. The van der Waals surface area contributed by atoms with Crippen LogP contribution < -0.4 is 0 Å². The average molecular weight is 260 g/mol. The predicted octanol–water partition coefficient (Wildman–Crippen LogP) is 2.51. The molecule has 1 N–H and O–H groups in total. The van der Waals surface area contributed by atoms with Crippen molar-refractivity contribution >= 4 is 17.7 Å². The molecule has 92 valence electrons. The first kappa shape index (κ1) is 12.6. The number of carbonyl (C=O) groups is 1. The van der Waals surface area contributed by atoms with E-state index in [9.17, 15) is 4.79 Å². The number of carboxylic acid groups (broad SMARTS) is 1. The molecule has 2 rings (SSSR count). The second-order valence-electron chi connectivity index (χ2n) is 3.58. The third kappa shape index (κ3) is 3.30. The first-order valence-electron chi connectivity index (χ1n) is 5.48. The summed E-state index contributed by atoms with van der Waals surface area (Å²) in [5, 5.41) is 9.57. The summed E-state index contributed by atoms with van der Waals surface area (Å²) in [5.41, 5.74) is 1.25. The summed E-state index contributed by atoms with van der Waals surface area (Å²) >= 11 is 1.44. The lowest BCUT2D eigenvalue weighted by Crippen LogP contribution is -2.01. The minimum atomic E-state index is -0.941. The van der Waals surface area contributed by atoms with Crippen molar-refractivity contribution in [2.45, 2.75) is 11.4 Å². The highest BCUT2D eigenvalue weighted by Gasteiger charge is 2.10. The topological polar surface area (TPSA) is 63.1 Å². The third-order valence-corrected chi connectivity index (χ3v) is 3.33.